The molecule has 198 valence electrons. The number of hydrogen-bond acceptors (Lipinski definition) is 8. The number of aliphatic hydroxyl groups is 1. The summed E-state index contributed by atoms with van der Waals surface area (Å²) in [7, 11) is 0. The summed E-state index contributed by atoms with van der Waals surface area (Å²) in [4.78, 5) is 82.4. The quantitative estimate of drug-likeness (QED) is 0.114. The molecular formula is C21H34N4O10. The van der Waals surface area contributed by atoms with Crippen LogP contribution in [0.1, 0.15) is 53.4 Å². The van der Waals surface area contributed by atoms with Gasteiger partial charge in [-0.2, -0.15) is 0 Å². The summed E-state index contributed by atoms with van der Waals surface area (Å²) >= 11 is 0. The van der Waals surface area contributed by atoms with Crippen molar-refractivity contribution < 1.29 is 48.9 Å². The van der Waals surface area contributed by atoms with Gasteiger partial charge in [0.15, 0.2) is 0 Å². The highest BCUT2D eigenvalue weighted by Crippen LogP contribution is 2.08. The summed E-state index contributed by atoms with van der Waals surface area (Å²) in [5.74, 6) is -5.95. The van der Waals surface area contributed by atoms with Crippen LogP contribution in [0.15, 0.2) is 0 Å². The normalized spacial score (nSPS) is 15.0. The molecule has 0 saturated heterocycles. The van der Waals surface area contributed by atoms with Gasteiger partial charge in [-0.1, -0.05) is 13.8 Å². The summed E-state index contributed by atoms with van der Waals surface area (Å²) in [5.41, 5.74) is 0. The first-order valence-corrected chi connectivity index (χ1v) is 10.9. The highest BCUT2D eigenvalue weighted by molar-refractivity contribution is 5.95. The molecule has 0 unspecified atom stereocenters. The van der Waals surface area contributed by atoms with E-state index < -0.39 is 78.7 Å². The molecule has 0 aromatic carbocycles. The van der Waals surface area contributed by atoms with Gasteiger partial charge in [-0.3, -0.25) is 28.8 Å². The second-order valence-corrected chi connectivity index (χ2v) is 8.45. The molecule has 14 nitrogen and oxygen atoms in total. The highest BCUT2D eigenvalue weighted by Gasteiger charge is 2.32. The zero-order valence-corrected chi connectivity index (χ0v) is 20.1. The van der Waals surface area contributed by atoms with Gasteiger partial charge in [0.1, 0.15) is 24.4 Å². The third-order valence-electron chi connectivity index (χ3n) is 4.63. The van der Waals surface area contributed by atoms with Gasteiger partial charge in [-0.15, -0.1) is 0 Å². The van der Waals surface area contributed by atoms with E-state index in [1.807, 2.05) is 0 Å². The van der Waals surface area contributed by atoms with E-state index in [9.17, 15) is 38.7 Å². The number of carboxylic acid groups (broad SMARTS) is 2. The topological polar surface area (TPSA) is 228 Å². The Kier molecular flexibility index (Phi) is 13.8. The molecule has 0 radical (unpaired) electrons. The van der Waals surface area contributed by atoms with Crippen LogP contribution >= 0.6 is 0 Å². The third-order valence-corrected chi connectivity index (χ3v) is 4.63. The standard InChI is InChI=1S/C21H34N4O10/c1-10(2)7-15(22-12(4)28)20(34)24-14(5-6-16(29)30)19(33)25-18(11(3)27)21(35)23-13(9-26)8-17(31)32/h9-11,13-15,18,27H,5-8H2,1-4H3,(H,22,28)(H,23,35)(H,24,34)(H,25,33)(H,29,30)(H,31,32)/t11-,13+,14+,15+,18+/m1/s1. The fourth-order valence-electron chi connectivity index (χ4n) is 3.01. The molecule has 0 aliphatic rings. The van der Waals surface area contributed by atoms with Crippen molar-refractivity contribution >= 4 is 41.9 Å². The molecule has 0 heterocycles. The number of aldehydes is 1. The minimum atomic E-state index is -1.65. The van der Waals surface area contributed by atoms with Gasteiger partial charge >= 0.3 is 11.9 Å². The van der Waals surface area contributed by atoms with Crippen molar-refractivity contribution in [3.05, 3.63) is 0 Å². The van der Waals surface area contributed by atoms with E-state index in [0.717, 1.165) is 6.92 Å². The molecule has 0 saturated carbocycles. The maximum Gasteiger partial charge on any atom is 0.305 e. The first-order chi connectivity index (χ1) is 16.2. The van der Waals surface area contributed by atoms with Crippen LogP contribution in [0.2, 0.25) is 0 Å². The van der Waals surface area contributed by atoms with E-state index in [-0.39, 0.29) is 25.0 Å². The Hall–Kier alpha value is -3.55. The summed E-state index contributed by atoms with van der Waals surface area (Å²) in [5, 5.41) is 36.8. The van der Waals surface area contributed by atoms with Crippen LogP contribution in [0, 0.1) is 5.92 Å². The fraction of sp³-hybridized carbons (Fsp3) is 0.667. The van der Waals surface area contributed by atoms with E-state index in [2.05, 4.69) is 21.3 Å². The van der Waals surface area contributed by atoms with Crippen LogP contribution < -0.4 is 21.3 Å². The summed E-state index contributed by atoms with van der Waals surface area (Å²) in [6.45, 7) is 5.97. The van der Waals surface area contributed by atoms with Gasteiger partial charge in [-0.25, -0.2) is 0 Å². The smallest absolute Gasteiger partial charge is 0.305 e. The molecule has 5 atom stereocenters. The number of rotatable bonds is 16. The van der Waals surface area contributed by atoms with E-state index in [0.29, 0.717) is 0 Å². The summed E-state index contributed by atoms with van der Waals surface area (Å²) in [6.07, 6.45) is -2.71. The lowest BCUT2D eigenvalue weighted by molar-refractivity contribution is -0.140. The van der Waals surface area contributed by atoms with Crippen LogP contribution in [0.4, 0.5) is 0 Å². The van der Waals surface area contributed by atoms with Crippen LogP contribution in [-0.4, -0.2) is 87.4 Å². The van der Waals surface area contributed by atoms with Crippen LogP contribution in [0.5, 0.6) is 0 Å². The minimum absolute atomic E-state index is 0.0104. The van der Waals surface area contributed by atoms with Crippen molar-refractivity contribution in [1.29, 1.82) is 0 Å². The largest absolute Gasteiger partial charge is 0.481 e. The Bertz CT molecular complexity index is 799. The molecule has 7 N–H and O–H groups in total. The van der Waals surface area contributed by atoms with Crippen molar-refractivity contribution in [2.24, 2.45) is 5.92 Å². The SMILES string of the molecule is CC(=O)N[C@@H](CC(C)C)C(=O)N[C@@H](CCC(=O)O)C(=O)N[C@H](C(=O)N[C@H](C=O)CC(=O)O)[C@@H](C)O. The summed E-state index contributed by atoms with van der Waals surface area (Å²) in [6, 6.07) is -5.52. The first kappa shape index (κ1) is 31.4. The molecule has 35 heavy (non-hydrogen) atoms. The number of aliphatic carboxylic acids is 2. The molecule has 0 spiro atoms. The Morgan fingerprint density at radius 1 is 0.800 bits per heavy atom. The lowest BCUT2D eigenvalue weighted by Gasteiger charge is -2.27. The van der Waals surface area contributed by atoms with Gasteiger partial charge < -0.3 is 41.4 Å². The molecular weight excluding hydrogens is 468 g/mol. The Balaban J connectivity index is 5.64. The number of amides is 4. The van der Waals surface area contributed by atoms with Crippen LogP contribution in [0.25, 0.3) is 0 Å². The fourth-order valence-corrected chi connectivity index (χ4v) is 3.01. The van der Waals surface area contributed by atoms with Gasteiger partial charge in [0.25, 0.3) is 0 Å². The lowest BCUT2D eigenvalue weighted by Crippen LogP contribution is -2.60. The zero-order valence-electron chi connectivity index (χ0n) is 20.1. The predicted molar refractivity (Wildman–Crippen MR) is 120 cm³/mol. The van der Waals surface area contributed by atoms with Crippen molar-refractivity contribution in [3.63, 3.8) is 0 Å². The van der Waals surface area contributed by atoms with Crippen LogP contribution in [-0.2, 0) is 33.6 Å². The van der Waals surface area contributed by atoms with E-state index in [1.54, 1.807) is 13.8 Å². The second kappa shape index (κ2) is 15.4. The third kappa shape index (κ3) is 13.1. The van der Waals surface area contributed by atoms with Crippen LogP contribution in [0.3, 0.4) is 0 Å². The lowest BCUT2D eigenvalue weighted by atomic mass is 10.0. The predicted octanol–water partition coefficient (Wildman–Crippen LogP) is -2.09. The molecule has 0 bridgehead atoms. The monoisotopic (exact) mass is 502 g/mol. The number of carboxylic acids is 2. The van der Waals surface area contributed by atoms with E-state index in [1.165, 1.54) is 6.92 Å². The van der Waals surface area contributed by atoms with Crippen molar-refractivity contribution in [3.8, 4) is 0 Å². The Labute approximate surface area is 202 Å². The second-order valence-electron chi connectivity index (χ2n) is 8.45. The first-order valence-electron chi connectivity index (χ1n) is 10.9. The van der Waals surface area contributed by atoms with Crippen molar-refractivity contribution in [2.45, 2.75) is 83.6 Å². The van der Waals surface area contributed by atoms with E-state index in [4.69, 9.17) is 10.2 Å². The molecule has 0 aliphatic heterocycles. The highest BCUT2D eigenvalue weighted by atomic mass is 16.4. The van der Waals surface area contributed by atoms with Gasteiger partial charge in [0.2, 0.25) is 23.6 Å². The van der Waals surface area contributed by atoms with Crippen molar-refractivity contribution in [2.75, 3.05) is 0 Å². The number of carbonyl (C=O) groups excluding carboxylic acids is 5. The molecule has 14 heteroatoms. The van der Waals surface area contributed by atoms with Gasteiger partial charge in [0.05, 0.1) is 18.6 Å². The number of nitrogens with one attached hydrogen (secondary N) is 4. The summed E-state index contributed by atoms with van der Waals surface area (Å²) < 4.78 is 0. The van der Waals surface area contributed by atoms with E-state index >= 15 is 0 Å². The molecule has 0 aliphatic carbocycles. The number of hydrogen-bond donors (Lipinski definition) is 7. The van der Waals surface area contributed by atoms with Crippen molar-refractivity contribution in [1.82, 2.24) is 21.3 Å². The zero-order chi connectivity index (χ0) is 27.3. The Morgan fingerprint density at radius 3 is 1.80 bits per heavy atom. The maximum atomic E-state index is 12.8. The molecule has 0 aromatic rings. The maximum absolute atomic E-state index is 12.8. The molecule has 0 rings (SSSR count). The average Bonchev–Trinajstić information content (AvgIpc) is 2.71. The molecule has 4 amide bonds. The Morgan fingerprint density at radius 2 is 1.37 bits per heavy atom. The number of aliphatic hydroxyl groups excluding tert-OH is 1. The minimum Gasteiger partial charge on any atom is -0.481 e. The molecule has 0 fully saturated rings. The molecule has 0 aromatic heterocycles. The average molecular weight is 503 g/mol. The van der Waals surface area contributed by atoms with Gasteiger partial charge in [0, 0.05) is 13.3 Å². The van der Waals surface area contributed by atoms with Gasteiger partial charge in [-0.05, 0) is 25.7 Å². The number of carbonyl (C=O) groups is 7.